The summed E-state index contributed by atoms with van der Waals surface area (Å²) >= 11 is 0. The van der Waals surface area contributed by atoms with E-state index in [1.54, 1.807) is 29.3 Å². The normalized spacial score (nSPS) is 16.9. The minimum Gasteiger partial charge on any atom is -0.360 e. The summed E-state index contributed by atoms with van der Waals surface area (Å²) in [7, 11) is -3.62. The summed E-state index contributed by atoms with van der Waals surface area (Å²) in [5.74, 6) is -0.272. The predicted octanol–water partition coefficient (Wildman–Crippen LogP) is 2.71. The first-order valence-corrected chi connectivity index (χ1v) is 12.0. The summed E-state index contributed by atoms with van der Waals surface area (Å²) < 4.78 is 27.7. The highest BCUT2D eigenvalue weighted by Crippen LogP contribution is 2.28. The number of nitrogens with zero attached hydrogens (tertiary/aromatic N) is 3. The van der Waals surface area contributed by atoms with Crippen molar-refractivity contribution in [3.05, 3.63) is 69.4 Å². The van der Waals surface area contributed by atoms with Crippen molar-refractivity contribution in [1.29, 1.82) is 0 Å². The Morgan fingerprint density at radius 3 is 2.50 bits per heavy atom. The Balaban J connectivity index is 1.32. The fraction of sp³-hybridized carbons (Fsp3) is 0.318. The molecular formula is C22H22N4O5S. The van der Waals surface area contributed by atoms with Crippen molar-refractivity contribution in [1.82, 2.24) is 14.2 Å². The van der Waals surface area contributed by atoms with Crippen LogP contribution in [0.25, 0.3) is 10.9 Å². The third-order valence-corrected chi connectivity index (χ3v) is 8.23. The molecule has 1 aliphatic heterocycles. The Labute approximate surface area is 184 Å². The number of hydrogen-bond donors (Lipinski definition) is 1. The lowest BCUT2D eigenvalue weighted by molar-refractivity contribution is -0.384. The van der Waals surface area contributed by atoms with Gasteiger partial charge in [0.05, 0.1) is 15.4 Å². The van der Waals surface area contributed by atoms with E-state index in [0.717, 1.165) is 24.8 Å². The molecule has 1 fully saturated rings. The lowest BCUT2D eigenvalue weighted by Gasteiger charge is -2.34. The van der Waals surface area contributed by atoms with Crippen LogP contribution in [0, 0.1) is 10.1 Å². The first kappa shape index (κ1) is 20.7. The summed E-state index contributed by atoms with van der Waals surface area (Å²) in [6.07, 6.45) is 4.50. The van der Waals surface area contributed by atoms with Gasteiger partial charge >= 0.3 is 0 Å². The van der Waals surface area contributed by atoms with E-state index in [2.05, 4.69) is 4.98 Å². The molecule has 1 aromatic heterocycles. The van der Waals surface area contributed by atoms with Crippen LogP contribution in [0.3, 0.4) is 0 Å². The molecule has 0 spiro atoms. The Morgan fingerprint density at radius 1 is 1.00 bits per heavy atom. The van der Waals surface area contributed by atoms with Crippen molar-refractivity contribution in [2.45, 2.75) is 24.2 Å². The Morgan fingerprint density at radius 2 is 1.75 bits per heavy atom. The molecule has 166 valence electrons. The van der Waals surface area contributed by atoms with Crippen LogP contribution in [0.1, 0.15) is 27.9 Å². The zero-order valence-electron chi connectivity index (χ0n) is 17.3. The summed E-state index contributed by atoms with van der Waals surface area (Å²) in [6, 6.07) is 9.71. The number of benzene rings is 2. The van der Waals surface area contributed by atoms with Gasteiger partial charge in [0.15, 0.2) is 0 Å². The number of amides is 1. The molecule has 1 aliphatic carbocycles. The highest BCUT2D eigenvalue weighted by Gasteiger charge is 2.32. The SMILES string of the molecule is O=C(c1c[nH]c2ccc([N+](=O)[O-])cc12)N1CCN(S(=O)(=O)c2ccc3c(c2)CCC3)CC1. The summed E-state index contributed by atoms with van der Waals surface area (Å²) in [4.78, 5) is 28.6. The number of nitrogens with one attached hydrogen (secondary N) is 1. The summed E-state index contributed by atoms with van der Waals surface area (Å²) in [5, 5.41) is 11.6. The average molecular weight is 455 g/mol. The van der Waals surface area contributed by atoms with E-state index in [1.165, 1.54) is 22.0 Å². The monoisotopic (exact) mass is 454 g/mol. The molecule has 10 heteroatoms. The van der Waals surface area contributed by atoms with Crippen molar-refractivity contribution >= 4 is 32.5 Å². The van der Waals surface area contributed by atoms with Gasteiger partial charge in [-0.3, -0.25) is 14.9 Å². The number of fused-ring (bicyclic) bond motifs is 2. The lowest BCUT2D eigenvalue weighted by Crippen LogP contribution is -2.50. The van der Waals surface area contributed by atoms with Gasteiger partial charge in [0.25, 0.3) is 11.6 Å². The molecule has 0 saturated carbocycles. The van der Waals surface area contributed by atoms with Gasteiger partial charge in [-0.15, -0.1) is 0 Å². The maximum Gasteiger partial charge on any atom is 0.270 e. The number of aromatic amines is 1. The van der Waals surface area contributed by atoms with E-state index in [9.17, 15) is 23.3 Å². The van der Waals surface area contributed by atoms with Crippen molar-refractivity contribution in [3.8, 4) is 0 Å². The third-order valence-electron chi connectivity index (χ3n) is 6.34. The number of non-ortho nitro benzene ring substituents is 1. The minimum atomic E-state index is -3.62. The predicted molar refractivity (Wildman–Crippen MR) is 118 cm³/mol. The number of hydrogen-bond acceptors (Lipinski definition) is 5. The van der Waals surface area contributed by atoms with Gasteiger partial charge in [-0.1, -0.05) is 6.07 Å². The molecule has 1 N–H and O–H groups in total. The number of H-pyrrole nitrogens is 1. The summed E-state index contributed by atoms with van der Waals surface area (Å²) in [5.41, 5.74) is 3.22. The van der Waals surface area contributed by atoms with Gasteiger partial charge in [0, 0.05) is 55.4 Å². The zero-order valence-corrected chi connectivity index (χ0v) is 18.1. The Kier molecular flexibility index (Phi) is 4.98. The standard InChI is InChI=1S/C22H22N4O5S/c27-22(20-14-23-21-7-5-17(26(28)29)13-19(20)21)24-8-10-25(11-9-24)32(30,31)18-6-4-15-2-1-3-16(15)12-18/h4-7,12-14,23H,1-3,8-11H2. The molecule has 0 unspecified atom stereocenters. The second kappa shape index (κ2) is 7.72. The van der Waals surface area contributed by atoms with E-state index in [1.807, 2.05) is 6.07 Å². The molecular weight excluding hydrogens is 432 g/mol. The number of sulfonamides is 1. The van der Waals surface area contributed by atoms with Crippen LogP contribution in [0.5, 0.6) is 0 Å². The van der Waals surface area contributed by atoms with E-state index < -0.39 is 14.9 Å². The Bertz CT molecular complexity index is 1340. The summed E-state index contributed by atoms with van der Waals surface area (Å²) in [6.45, 7) is 0.913. The Hall–Kier alpha value is -3.24. The number of nitro benzene ring substituents is 1. The van der Waals surface area contributed by atoms with E-state index in [4.69, 9.17) is 0 Å². The molecule has 3 aromatic rings. The molecule has 32 heavy (non-hydrogen) atoms. The quantitative estimate of drug-likeness (QED) is 0.481. The number of carbonyl (C=O) groups is 1. The fourth-order valence-corrected chi connectivity index (χ4v) is 6.03. The highest BCUT2D eigenvalue weighted by atomic mass is 32.2. The third kappa shape index (κ3) is 3.45. The average Bonchev–Trinajstić information content (AvgIpc) is 3.44. The van der Waals surface area contributed by atoms with Crippen LogP contribution in [0.4, 0.5) is 5.69 Å². The van der Waals surface area contributed by atoms with Gasteiger partial charge in [0.2, 0.25) is 10.0 Å². The molecule has 0 radical (unpaired) electrons. The van der Waals surface area contributed by atoms with Crippen molar-refractivity contribution in [3.63, 3.8) is 0 Å². The molecule has 1 amide bonds. The van der Waals surface area contributed by atoms with E-state index >= 15 is 0 Å². The van der Waals surface area contributed by atoms with E-state index in [-0.39, 0.29) is 37.8 Å². The maximum absolute atomic E-state index is 13.1. The van der Waals surface area contributed by atoms with Gasteiger partial charge < -0.3 is 9.88 Å². The molecule has 2 aromatic carbocycles. The largest absolute Gasteiger partial charge is 0.360 e. The number of carbonyl (C=O) groups excluding carboxylic acids is 1. The lowest BCUT2D eigenvalue weighted by atomic mass is 10.1. The zero-order chi connectivity index (χ0) is 22.5. The van der Waals surface area contributed by atoms with E-state index in [0.29, 0.717) is 21.4 Å². The van der Waals surface area contributed by atoms with Crippen LogP contribution in [0.15, 0.2) is 47.5 Å². The second-order valence-electron chi connectivity index (χ2n) is 8.17. The maximum atomic E-state index is 13.1. The van der Waals surface area contributed by atoms with Crippen LogP contribution in [-0.2, 0) is 22.9 Å². The van der Waals surface area contributed by atoms with Crippen LogP contribution >= 0.6 is 0 Å². The molecule has 1 saturated heterocycles. The molecule has 5 rings (SSSR count). The molecule has 2 aliphatic rings. The molecule has 0 bridgehead atoms. The molecule has 0 atom stereocenters. The smallest absolute Gasteiger partial charge is 0.270 e. The number of piperazine rings is 1. The van der Waals surface area contributed by atoms with Gasteiger partial charge in [-0.05, 0) is 48.6 Å². The minimum absolute atomic E-state index is 0.0867. The highest BCUT2D eigenvalue weighted by molar-refractivity contribution is 7.89. The van der Waals surface area contributed by atoms with Crippen molar-refractivity contribution in [2.75, 3.05) is 26.2 Å². The van der Waals surface area contributed by atoms with Gasteiger partial charge in [-0.25, -0.2) is 8.42 Å². The number of nitro groups is 1. The number of aryl methyl sites for hydroxylation is 2. The topological polar surface area (TPSA) is 117 Å². The van der Waals surface area contributed by atoms with Gasteiger partial charge in [0.1, 0.15) is 0 Å². The van der Waals surface area contributed by atoms with Gasteiger partial charge in [-0.2, -0.15) is 4.31 Å². The van der Waals surface area contributed by atoms with Crippen LogP contribution in [-0.4, -0.2) is 59.6 Å². The first-order valence-electron chi connectivity index (χ1n) is 10.5. The van der Waals surface area contributed by atoms with Crippen LogP contribution < -0.4 is 0 Å². The molecule has 9 nitrogen and oxygen atoms in total. The second-order valence-corrected chi connectivity index (χ2v) is 10.1. The molecule has 2 heterocycles. The number of rotatable bonds is 4. The van der Waals surface area contributed by atoms with Crippen LogP contribution in [0.2, 0.25) is 0 Å². The number of aromatic nitrogens is 1. The van der Waals surface area contributed by atoms with Crippen molar-refractivity contribution < 1.29 is 18.1 Å². The fourth-order valence-electron chi connectivity index (χ4n) is 4.56. The first-order chi connectivity index (χ1) is 15.3. The van der Waals surface area contributed by atoms with Crippen molar-refractivity contribution in [2.24, 2.45) is 0 Å².